The van der Waals surface area contributed by atoms with Crippen molar-refractivity contribution < 1.29 is 4.79 Å². The van der Waals surface area contributed by atoms with Crippen molar-refractivity contribution in [3.8, 4) is 0 Å². The summed E-state index contributed by atoms with van der Waals surface area (Å²) in [6, 6.07) is -0.596. The van der Waals surface area contributed by atoms with Crippen LogP contribution in [-0.2, 0) is 0 Å². The Morgan fingerprint density at radius 1 is 2.00 bits per heavy atom. The van der Waals surface area contributed by atoms with Crippen LogP contribution in [0.3, 0.4) is 0 Å². The molecule has 0 aliphatic carbocycles. The van der Waals surface area contributed by atoms with Crippen LogP contribution in [0.2, 0.25) is 0 Å². The van der Waals surface area contributed by atoms with Gasteiger partial charge in [-0.05, 0) is 0 Å². The molecule has 0 saturated carbocycles. The summed E-state index contributed by atoms with van der Waals surface area (Å²) in [5.41, 5.74) is 7.07. The summed E-state index contributed by atoms with van der Waals surface area (Å²) in [5.74, 6) is 0.778. The molecule has 0 atom stereocenters. The molecule has 0 radical (unpaired) electrons. The molecule has 1 aliphatic rings. The third kappa shape index (κ3) is 1.80. The smallest absolute Gasteiger partial charge is 0.333 e. The predicted molar refractivity (Wildman–Crippen MR) is 35.5 cm³/mol. The van der Waals surface area contributed by atoms with E-state index in [0.29, 0.717) is 0 Å². The Labute approximate surface area is 56.4 Å². The van der Waals surface area contributed by atoms with E-state index in [4.69, 9.17) is 5.73 Å². The first-order valence-electron chi connectivity index (χ1n) is 2.30. The van der Waals surface area contributed by atoms with E-state index in [1.54, 1.807) is 6.21 Å². The molecule has 1 aliphatic heterocycles. The molecule has 0 aromatic carbocycles. The van der Waals surface area contributed by atoms with E-state index in [2.05, 4.69) is 10.5 Å². The Balaban J connectivity index is 2.28. The topological polar surface area (TPSA) is 70.7 Å². The second-order valence-electron chi connectivity index (χ2n) is 1.34. The third-order valence-corrected chi connectivity index (χ3v) is 1.39. The number of primary amides is 1. The number of carbonyl (C=O) groups is 1. The summed E-state index contributed by atoms with van der Waals surface area (Å²) in [5, 5.41) is 3.74. The van der Waals surface area contributed by atoms with Crippen molar-refractivity contribution in [1.82, 2.24) is 9.95 Å². The molecule has 0 saturated heterocycles. The summed E-state index contributed by atoms with van der Waals surface area (Å²) >= 11 is 1.37. The van der Waals surface area contributed by atoms with Crippen molar-refractivity contribution in [2.75, 3.05) is 5.75 Å². The first-order valence-corrected chi connectivity index (χ1v) is 3.25. The van der Waals surface area contributed by atoms with E-state index in [-0.39, 0.29) is 0 Å². The van der Waals surface area contributed by atoms with E-state index in [1.807, 2.05) is 0 Å². The third-order valence-electron chi connectivity index (χ3n) is 0.664. The summed E-state index contributed by atoms with van der Waals surface area (Å²) < 4.78 is 1.32. The van der Waals surface area contributed by atoms with E-state index >= 15 is 0 Å². The fraction of sp³-hybridized carbons (Fsp3) is 0.333. The summed E-state index contributed by atoms with van der Waals surface area (Å²) in [6.45, 7) is 0. The van der Waals surface area contributed by atoms with Gasteiger partial charge in [0.1, 0.15) is 0 Å². The molecule has 6 heteroatoms. The lowest BCUT2D eigenvalue weighted by atomic mass is 10.9. The maximum absolute atomic E-state index is 10.1. The zero-order valence-corrected chi connectivity index (χ0v) is 5.39. The molecule has 1 heterocycles. The second-order valence-corrected chi connectivity index (χ2v) is 2.28. The molecule has 9 heavy (non-hydrogen) atoms. The number of amides is 2. The maximum Gasteiger partial charge on any atom is 0.333 e. The molecule has 0 spiro atoms. The molecule has 0 unspecified atom stereocenters. The lowest BCUT2D eigenvalue weighted by molar-refractivity contribution is 0.234. The van der Waals surface area contributed by atoms with Crippen molar-refractivity contribution in [1.29, 1.82) is 0 Å². The van der Waals surface area contributed by atoms with Crippen LogP contribution in [0.15, 0.2) is 5.10 Å². The largest absolute Gasteiger partial charge is 0.350 e. The quantitative estimate of drug-likeness (QED) is 0.491. The Bertz CT molecular complexity index is 147. The normalized spacial score (nSPS) is 16.2. The van der Waals surface area contributed by atoms with Gasteiger partial charge < -0.3 is 5.73 Å². The van der Waals surface area contributed by atoms with Gasteiger partial charge in [0.15, 0.2) is 0 Å². The molecular weight excluding hydrogens is 140 g/mol. The average Bonchev–Trinajstić information content (AvgIpc) is 2.15. The minimum Gasteiger partial charge on any atom is -0.350 e. The molecule has 0 aromatic rings. The number of nitrogens with one attached hydrogen (secondary N) is 1. The van der Waals surface area contributed by atoms with Crippen LogP contribution in [0, 0.1) is 0 Å². The monoisotopic (exact) mass is 146 g/mol. The lowest BCUT2D eigenvalue weighted by Gasteiger charge is -2.09. The first kappa shape index (κ1) is 6.21. The SMILES string of the molecule is NC(=O)NN1N=CCS1. The Hall–Kier alpha value is -0.910. The molecule has 3 N–H and O–H groups in total. The number of carbonyl (C=O) groups excluding carboxylic acids is 1. The van der Waals surface area contributed by atoms with E-state index in [9.17, 15) is 4.79 Å². The minimum absolute atomic E-state index is 0.596. The fourth-order valence-corrected chi connectivity index (χ4v) is 0.963. The standard InChI is InChI=1S/C3H6N4OS/c4-3(8)6-7-5-1-2-9-7/h1H,2H2,(H3,4,6,8). The number of nitrogens with zero attached hydrogens (tertiary/aromatic N) is 2. The molecule has 50 valence electrons. The molecule has 0 bridgehead atoms. The second kappa shape index (κ2) is 2.58. The molecule has 0 aromatic heterocycles. The van der Waals surface area contributed by atoms with Gasteiger partial charge in [-0.1, -0.05) is 0 Å². The average molecular weight is 146 g/mol. The van der Waals surface area contributed by atoms with Gasteiger partial charge in [0.25, 0.3) is 0 Å². The number of urea groups is 1. The van der Waals surface area contributed by atoms with Crippen LogP contribution in [0.1, 0.15) is 0 Å². The molecule has 5 nitrogen and oxygen atoms in total. The van der Waals surface area contributed by atoms with Crippen molar-refractivity contribution in [3.05, 3.63) is 0 Å². The molecule has 2 amide bonds. The van der Waals surface area contributed by atoms with Crippen LogP contribution < -0.4 is 11.2 Å². The number of hydrazine groups is 1. The maximum atomic E-state index is 10.1. The molecular formula is C3H6N4OS. The van der Waals surface area contributed by atoms with Crippen molar-refractivity contribution in [3.63, 3.8) is 0 Å². The van der Waals surface area contributed by atoms with Crippen LogP contribution >= 0.6 is 11.9 Å². The summed E-state index contributed by atoms with van der Waals surface area (Å²) in [4.78, 5) is 10.1. The predicted octanol–water partition coefficient (Wildman–Crippen LogP) is -0.481. The number of nitrogens with two attached hydrogens (primary N) is 1. The zero-order valence-electron chi connectivity index (χ0n) is 4.57. The van der Waals surface area contributed by atoms with Crippen molar-refractivity contribution in [2.45, 2.75) is 0 Å². The first-order chi connectivity index (χ1) is 4.29. The van der Waals surface area contributed by atoms with Crippen LogP contribution in [-0.4, -0.2) is 22.5 Å². The minimum atomic E-state index is -0.596. The fourth-order valence-electron chi connectivity index (χ4n) is 0.400. The summed E-state index contributed by atoms with van der Waals surface area (Å²) in [7, 11) is 0. The van der Waals surface area contributed by atoms with Crippen LogP contribution in [0.5, 0.6) is 0 Å². The van der Waals surface area contributed by atoms with E-state index < -0.39 is 6.03 Å². The molecule has 0 fully saturated rings. The van der Waals surface area contributed by atoms with Crippen LogP contribution in [0.4, 0.5) is 4.79 Å². The van der Waals surface area contributed by atoms with Gasteiger partial charge in [-0.2, -0.15) is 5.10 Å². The highest BCUT2D eigenvalue weighted by Gasteiger charge is 2.06. The highest BCUT2D eigenvalue weighted by Crippen LogP contribution is 2.09. The number of hydrazone groups is 1. The van der Waals surface area contributed by atoms with E-state index in [0.717, 1.165) is 5.75 Å². The zero-order chi connectivity index (χ0) is 6.69. The Kier molecular flexibility index (Phi) is 1.78. The van der Waals surface area contributed by atoms with Gasteiger partial charge in [-0.25, -0.2) is 10.2 Å². The Morgan fingerprint density at radius 2 is 2.78 bits per heavy atom. The van der Waals surface area contributed by atoms with Gasteiger partial charge >= 0.3 is 6.03 Å². The van der Waals surface area contributed by atoms with E-state index in [1.165, 1.54) is 16.5 Å². The Morgan fingerprint density at radius 3 is 3.22 bits per heavy atom. The van der Waals surface area contributed by atoms with Gasteiger partial charge in [-0.3, -0.25) is 0 Å². The van der Waals surface area contributed by atoms with Crippen LogP contribution in [0.25, 0.3) is 0 Å². The van der Waals surface area contributed by atoms with Gasteiger partial charge in [0.05, 0.1) is 5.75 Å². The van der Waals surface area contributed by atoms with Crippen molar-refractivity contribution in [2.24, 2.45) is 10.8 Å². The van der Waals surface area contributed by atoms with Crippen molar-refractivity contribution >= 4 is 24.2 Å². The lowest BCUT2D eigenvalue weighted by Crippen LogP contribution is -2.36. The highest BCUT2D eigenvalue weighted by molar-refractivity contribution is 7.97. The van der Waals surface area contributed by atoms with Gasteiger partial charge in [-0.15, -0.1) is 4.52 Å². The van der Waals surface area contributed by atoms with Gasteiger partial charge in [0.2, 0.25) is 0 Å². The van der Waals surface area contributed by atoms with Gasteiger partial charge in [0, 0.05) is 18.2 Å². The number of rotatable bonds is 1. The highest BCUT2D eigenvalue weighted by atomic mass is 32.2. The number of hydrogen-bond donors (Lipinski definition) is 2. The summed E-state index contributed by atoms with van der Waals surface area (Å²) in [6.07, 6.45) is 1.68. The number of hydrogen-bond acceptors (Lipinski definition) is 4. The molecule has 1 rings (SSSR count).